The zero-order chi connectivity index (χ0) is 13.2. The SMILES string of the molecule is CC(Nc1cc(Cl)c(F)c(Cl)c1)C(=O)N(C)C. The first-order valence-corrected chi connectivity index (χ1v) is 5.70. The first kappa shape index (κ1) is 14.1. The van der Waals surface area contributed by atoms with Crippen molar-refractivity contribution in [2.75, 3.05) is 19.4 Å². The van der Waals surface area contributed by atoms with Gasteiger partial charge in [-0.05, 0) is 19.1 Å². The van der Waals surface area contributed by atoms with Crippen LogP contribution in [0.25, 0.3) is 0 Å². The van der Waals surface area contributed by atoms with Crippen LogP contribution in [-0.4, -0.2) is 30.9 Å². The van der Waals surface area contributed by atoms with Crippen molar-refractivity contribution in [1.29, 1.82) is 0 Å². The average molecular weight is 279 g/mol. The van der Waals surface area contributed by atoms with Gasteiger partial charge in [0, 0.05) is 19.8 Å². The van der Waals surface area contributed by atoms with Gasteiger partial charge in [0.25, 0.3) is 0 Å². The van der Waals surface area contributed by atoms with Gasteiger partial charge in [-0.15, -0.1) is 0 Å². The van der Waals surface area contributed by atoms with Gasteiger partial charge in [0.05, 0.1) is 10.0 Å². The molecule has 0 fully saturated rings. The number of amides is 1. The fraction of sp³-hybridized carbons (Fsp3) is 0.364. The lowest BCUT2D eigenvalue weighted by atomic mass is 10.2. The Morgan fingerprint density at radius 2 is 1.82 bits per heavy atom. The average Bonchev–Trinajstić information content (AvgIpc) is 2.24. The Bertz CT molecular complexity index is 414. The Morgan fingerprint density at radius 1 is 1.35 bits per heavy atom. The highest BCUT2D eigenvalue weighted by atomic mass is 35.5. The fourth-order valence-electron chi connectivity index (χ4n) is 1.34. The molecule has 1 aromatic rings. The second kappa shape index (κ2) is 5.56. The topological polar surface area (TPSA) is 32.3 Å². The van der Waals surface area contributed by atoms with Gasteiger partial charge >= 0.3 is 0 Å². The molecule has 0 heterocycles. The maximum Gasteiger partial charge on any atom is 0.244 e. The highest BCUT2D eigenvalue weighted by Gasteiger charge is 2.15. The normalized spacial score (nSPS) is 12.1. The van der Waals surface area contributed by atoms with Gasteiger partial charge in [-0.25, -0.2) is 4.39 Å². The molecule has 0 saturated carbocycles. The van der Waals surface area contributed by atoms with E-state index in [1.807, 2.05) is 0 Å². The van der Waals surface area contributed by atoms with Crippen molar-refractivity contribution >= 4 is 34.8 Å². The molecule has 6 heteroatoms. The molecular weight excluding hydrogens is 266 g/mol. The van der Waals surface area contributed by atoms with Crippen LogP contribution in [0, 0.1) is 5.82 Å². The molecule has 0 aliphatic carbocycles. The molecule has 0 spiro atoms. The summed E-state index contributed by atoms with van der Waals surface area (Å²) < 4.78 is 13.2. The minimum atomic E-state index is -0.662. The summed E-state index contributed by atoms with van der Waals surface area (Å²) in [6.07, 6.45) is 0. The van der Waals surface area contributed by atoms with Crippen molar-refractivity contribution in [2.45, 2.75) is 13.0 Å². The Balaban J connectivity index is 2.86. The van der Waals surface area contributed by atoms with Crippen LogP contribution < -0.4 is 5.32 Å². The number of halogens is 3. The maximum absolute atomic E-state index is 13.2. The van der Waals surface area contributed by atoms with Gasteiger partial charge in [0.2, 0.25) is 5.91 Å². The molecule has 1 unspecified atom stereocenters. The molecule has 1 amide bonds. The highest BCUT2D eigenvalue weighted by molar-refractivity contribution is 6.35. The number of hydrogen-bond donors (Lipinski definition) is 1. The standard InChI is InChI=1S/C11H13Cl2FN2O/c1-6(11(17)16(2)3)15-7-4-8(12)10(14)9(13)5-7/h4-6,15H,1-3H3. The zero-order valence-corrected chi connectivity index (χ0v) is 11.2. The van der Waals surface area contributed by atoms with E-state index in [1.54, 1.807) is 21.0 Å². The van der Waals surface area contributed by atoms with Gasteiger partial charge in [0.15, 0.2) is 5.82 Å². The van der Waals surface area contributed by atoms with E-state index in [1.165, 1.54) is 17.0 Å². The second-order valence-corrected chi connectivity index (χ2v) is 4.67. The third-order valence-corrected chi connectivity index (χ3v) is 2.73. The second-order valence-electron chi connectivity index (χ2n) is 3.85. The number of hydrogen-bond acceptors (Lipinski definition) is 2. The molecule has 0 radical (unpaired) electrons. The number of likely N-dealkylation sites (N-methyl/N-ethyl adjacent to an activating group) is 1. The van der Waals surface area contributed by atoms with Gasteiger partial charge in [0.1, 0.15) is 6.04 Å². The smallest absolute Gasteiger partial charge is 0.244 e. The van der Waals surface area contributed by atoms with Gasteiger partial charge in [-0.3, -0.25) is 4.79 Å². The Hall–Kier alpha value is -1.00. The molecule has 1 N–H and O–H groups in total. The monoisotopic (exact) mass is 278 g/mol. The minimum Gasteiger partial charge on any atom is -0.374 e. The summed E-state index contributed by atoms with van der Waals surface area (Å²) in [5, 5.41) is 2.75. The Morgan fingerprint density at radius 3 is 2.24 bits per heavy atom. The molecule has 1 atom stereocenters. The van der Waals surface area contributed by atoms with E-state index >= 15 is 0 Å². The number of nitrogens with zero attached hydrogens (tertiary/aromatic N) is 1. The quantitative estimate of drug-likeness (QED) is 0.862. The minimum absolute atomic E-state index is 0.0792. The van der Waals surface area contributed by atoms with Crippen LogP contribution in [0.5, 0.6) is 0 Å². The summed E-state index contributed by atoms with van der Waals surface area (Å²) in [6.45, 7) is 1.70. The molecule has 1 aromatic carbocycles. The molecular formula is C11H13Cl2FN2O. The van der Waals surface area contributed by atoms with Crippen molar-refractivity contribution in [3.8, 4) is 0 Å². The largest absolute Gasteiger partial charge is 0.374 e. The van der Waals surface area contributed by atoms with Gasteiger partial charge in [-0.1, -0.05) is 23.2 Å². The number of carbonyl (C=O) groups excluding carboxylic acids is 1. The number of anilines is 1. The summed E-state index contributed by atoms with van der Waals surface area (Å²) in [6, 6.07) is 2.34. The van der Waals surface area contributed by atoms with Crippen LogP contribution in [0.4, 0.5) is 10.1 Å². The number of nitrogens with one attached hydrogen (secondary N) is 1. The lowest BCUT2D eigenvalue weighted by molar-refractivity contribution is -0.129. The van der Waals surface area contributed by atoms with E-state index in [0.29, 0.717) is 5.69 Å². The van der Waals surface area contributed by atoms with Gasteiger partial charge < -0.3 is 10.2 Å². The Kier molecular flexibility index (Phi) is 4.60. The summed E-state index contributed by atoms with van der Waals surface area (Å²) in [5.74, 6) is -0.757. The van der Waals surface area contributed by atoms with Crippen LogP contribution in [0.1, 0.15) is 6.92 Å². The van der Waals surface area contributed by atoms with E-state index in [4.69, 9.17) is 23.2 Å². The van der Waals surface area contributed by atoms with Gasteiger partial charge in [-0.2, -0.15) is 0 Å². The lowest BCUT2D eigenvalue weighted by Crippen LogP contribution is -2.36. The molecule has 1 rings (SSSR count). The predicted octanol–water partition coefficient (Wildman–Crippen LogP) is 3.02. The molecule has 0 aliphatic rings. The molecule has 94 valence electrons. The van der Waals surface area contributed by atoms with E-state index in [9.17, 15) is 9.18 Å². The first-order valence-electron chi connectivity index (χ1n) is 4.95. The van der Waals surface area contributed by atoms with Crippen molar-refractivity contribution in [3.05, 3.63) is 28.0 Å². The molecule has 0 saturated heterocycles. The van der Waals surface area contributed by atoms with Crippen molar-refractivity contribution in [2.24, 2.45) is 0 Å². The van der Waals surface area contributed by atoms with Crippen molar-refractivity contribution in [3.63, 3.8) is 0 Å². The zero-order valence-electron chi connectivity index (χ0n) is 9.72. The van der Waals surface area contributed by atoms with Crippen molar-refractivity contribution < 1.29 is 9.18 Å². The highest BCUT2D eigenvalue weighted by Crippen LogP contribution is 2.27. The Labute approximate surface area is 109 Å². The first-order chi connectivity index (χ1) is 7.82. The van der Waals surface area contributed by atoms with E-state index < -0.39 is 11.9 Å². The summed E-state index contributed by atoms with van der Waals surface area (Å²) in [5.41, 5.74) is 0.504. The third-order valence-electron chi connectivity index (χ3n) is 2.18. The number of carbonyl (C=O) groups is 1. The molecule has 0 aromatic heterocycles. The number of rotatable bonds is 3. The fourth-order valence-corrected chi connectivity index (χ4v) is 1.82. The van der Waals surface area contributed by atoms with E-state index in [0.717, 1.165) is 0 Å². The maximum atomic E-state index is 13.2. The van der Waals surface area contributed by atoms with Crippen LogP contribution in [0.3, 0.4) is 0 Å². The number of benzene rings is 1. The van der Waals surface area contributed by atoms with E-state index in [2.05, 4.69) is 5.32 Å². The third kappa shape index (κ3) is 3.48. The van der Waals surface area contributed by atoms with E-state index in [-0.39, 0.29) is 16.0 Å². The predicted molar refractivity (Wildman–Crippen MR) is 68.2 cm³/mol. The summed E-state index contributed by atoms with van der Waals surface area (Å²) in [7, 11) is 3.32. The van der Waals surface area contributed by atoms with Crippen molar-refractivity contribution in [1.82, 2.24) is 4.90 Å². The molecule has 17 heavy (non-hydrogen) atoms. The molecule has 0 aliphatic heterocycles. The van der Waals surface area contributed by atoms with Crippen LogP contribution in [0.15, 0.2) is 12.1 Å². The van der Waals surface area contributed by atoms with Crippen LogP contribution >= 0.6 is 23.2 Å². The summed E-state index contributed by atoms with van der Waals surface area (Å²) in [4.78, 5) is 13.1. The lowest BCUT2D eigenvalue weighted by Gasteiger charge is -2.19. The van der Waals surface area contributed by atoms with Crippen LogP contribution in [0.2, 0.25) is 10.0 Å². The molecule has 0 bridgehead atoms. The molecule has 3 nitrogen and oxygen atoms in total. The van der Waals surface area contributed by atoms with Crippen LogP contribution in [-0.2, 0) is 4.79 Å². The summed E-state index contributed by atoms with van der Waals surface area (Å²) >= 11 is 11.3.